The Morgan fingerprint density at radius 1 is 0.966 bits per heavy atom. The standard InChI is InChI=1S/C22H21N3O3S/c1-16-7-13-19(14-8-16)29(26,27)25(2)17-9-11-18(12-10-17)28-15-22-23-20-5-3-4-6-21(20)24-22/h3-14H,15H2,1-2H3,(H,23,24). The molecule has 0 radical (unpaired) electrons. The van der Waals surface area contributed by atoms with Crippen molar-refractivity contribution < 1.29 is 13.2 Å². The Morgan fingerprint density at radius 2 is 1.66 bits per heavy atom. The van der Waals surface area contributed by atoms with E-state index in [2.05, 4.69) is 9.97 Å². The third-order valence-corrected chi connectivity index (χ3v) is 6.49. The largest absolute Gasteiger partial charge is 0.486 e. The molecule has 0 bridgehead atoms. The molecule has 1 heterocycles. The number of H-pyrrole nitrogens is 1. The number of sulfonamides is 1. The molecule has 0 aliphatic rings. The molecule has 0 atom stereocenters. The van der Waals surface area contributed by atoms with E-state index in [9.17, 15) is 8.42 Å². The van der Waals surface area contributed by atoms with E-state index >= 15 is 0 Å². The van der Waals surface area contributed by atoms with E-state index in [0.29, 0.717) is 18.0 Å². The van der Waals surface area contributed by atoms with Crippen molar-refractivity contribution in [1.29, 1.82) is 0 Å². The molecule has 0 saturated heterocycles. The second-order valence-corrected chi connectivity index (χ2v) is 8.74. The van der Waals surface area contributed by atoms with Gasteiger partial charge in [-0.2, -0.15) is 0 Å². The van der Waals surface area contributed by atoms with Gasteiger partial charge in [-0.3, -0.25) is 4.31 Å². The molecule has 0 aliphatic carbocycles. The Labute approximate surface area is 169 Å². The van der Waals surface area contributed by atoms with Gasteiger partial charge in [0, 0.05) is 7.05 Å². The van der Waals surface area contributed by atoms with Gasteiger partial charge in [-0.15, -0.1) is 0 Å². The number of nitrogens with zero attached hydrogens (tertiary/aromatic N) is 2. The number of fused-ring (bicyclic) bond motifs is 1. The zero-order valence-corrected chi connectivity index (χ0v) is 17.0. The van der Waals surface area contributed by atoms with E-state index in [0.717, 1.165) is 22.4 Å². The van der Waals surface area contributed by atoms with E-state index in [1.54, 1.807) is 55.6 Å². The Balaban J connectivity index is 1.46. The molecule has 4 aromatic rings. The van der Waals surface area contributed by atoms with E-state index in [4.69, 9.17) is 4.74 Å². The Hall–Kier alpha value is -3.32. The molecule has 0 fully saturated rings. The smallest absolute Gasteiger partial charge is 0.264 e. The number of ether oxygens (including phenoxy) is 1. The highest BCUT2D eigenvalue weighted by Gasteiger charge is 2.21. The summed E-state index contributed by atoms with van der Waals surface area (Å²) in [4.78, 5) is 7.95. The maximum absolute atomic E-state index is 12.8. The Morgan fingerprint density at radius 3 is 2.34 bits per heavy atom. The molecular formula is C22H21N3O3S. The van der Waals surface area contributed by atoms with Crippen LogP contribution in [0.3, 0.4) is 0 Å². The fourth-order valence-electron chi connectivity index (χ4n) is 2.99. The third-order valence-electron chi connectivity index (χ3n) is 4.69. The Kier molecular flexibility index (Phi) is 4.98. The summed E-state index contributed by atoms with van der Waals surface area (Å²) < 4.78 is 32.7. The first-order valence-electron chi connectivity index (χ1n) is 9.15. The molecule has 7 heteroatoms. The number of imidazole rings is 1. The number of aromatic nitrogens is 2. The van der Waals surface area contributed by atoms with Crippen LogP contribution in [0.25, 0.3) is 11.0 Å². The van der Waals surface area contributed by atoms with Crippen LogP contribution in [0, 0.1) is 6.92 Å². The van der Waals surface area contributed by atoms with Crippen molar-refractivity contribution in [3.05, 3.63) is 84.2 Å². The van der Waals surface area contributed by atoms with Gasteiger partial charge < -0.3 is 9.72 Å². The van der Waals surface area contributed by atoms with Crippen molar-refractivity contribution in [1.82, 2.24) is 9.97 Å². The highest BCUT2D eigenvalue weighted by molar-refractivity contribution is 7.92. The fraction of sp³-hybridized carbons (Fsp3) is 0.136. The lowest BCUT2D eigenvalue weighted by molar-refractivity contribution is 0.297. The fourth-order valence-corrected chi connectivity index (χ4v) is 4.18. The highest BCUT2D eigenvalue weighted by Crippen LogP contribution is 2.25. The number of aromatic amines is 1. The lowest BCUT2D eigenvalue weighted by atomic mass is 10.2. The van der Waals surface area contributed by atoms with Gasteiger partial charge in [0.2, 0.25) is 0 Å². The predicted molar refractivity (Wildman–Crippen MR) is 114 cm³/mol. The van der Waals surface area contributed by atoms with Crippen LogP contribution in [0.15, 0.2) is 77.7 Å². The summed E-state index contributed by atoms with van der Waals surface area (Å²) in [6, 6.07) is 21.5. The number of para-hydroxylation sites is 2. The van der Waals surface area contributed by atoms with Crippen LogP contribution >= 0.6 is 0 Å². The molecule has 1 N–H and O–H groups in total. The summed E-state index contributed by atoms with van der Waals surface area (Å²) in [6.07, 6.45) is 0. The van der Waals surface area contributed by atoms with Gasteiger partial charge in [-0.05, 0) is 55.5 Å². The van der Waals surface area contributed by atoms with Crippen LogP contribution in [-0.2, 0) is 16.6 Å². The molecule has 0 amide bonds. The molecule has 6 nitrogen and oxygen atoms in total. The predicted octanol–water partition coefficient (Wildman–Crippen LogP) is 4.28. The average molecular weight is 407 g/mol. The first kappa shape index (κ1) is 19.0. The molecule has 0 aliphatic heterocycles. The highest BCUT2D eigenvalue weighted by atomic mass is 32.2. The monoisotopic (exact) mass is 407 g/mol. The van der Waals surface area contributed by atoms with E-state index in [1.807, 2.05) is 31.2 Å². The van der Waals surface area contributed by atoms with Crippen LogP contribution in [0.5, 0.6) is 5.75 Å². The molecule has 148 valence electrons. The normalized spacial score (nSPS) is 11.5. The molecule has 0 saturated carbocycles. The van der Waals surface area contributed by atoms with Crippen LogP contribution in [0.2, 0.25) is 0 Å². The Bertz CT molecular complexity index is 1200. The number of aryl methyl sites for hydroxylation is 1. The summed E-state index contributed by atoms with van der Waals surface area (Å²) in [7, 11) is -2.07. The number of rotatable bonds is 6. The van der Waals surface area contributed by atoms with E-state index in [-0.39, 0.29) is 4.90 Å². The molecule has 3 aromatic carbocycles. The zero-order chi connectivity index (χ0) is 20.4. The van der Waals surface area contributed by atoms with Crippen LogP contribution in [-0.4, -0.2) is 25.4 Å². The maximum atomic E-state index is 12.8. The SMILES string of the molecule is Cc1ccc(S(=O)(=O)N(C)c2ccc(OCc3nc4ccccc4[nH]3)cc2)cc1. The van der Waals surface area contributed by atoms with Crippen LogP contribution < -0.4 is 9.04 Å². The van der Waals surface area contributed by atoms with Crippen molar-refractivity contribution in [3.63, 3.8) is 0 Å². The number of hydrogen-bond acceptors (Lipinski definition) is 4. The second kappa shape index (κ2) is 7.60. The number of hydrogen-bond donors (Lipinski definition) is 1. The first-order chi connectivity index (χ1) is 13.9. The maximum Gasteiger partial charge on any atom is 0.264 e. The van der Waals surface area contributed by atoms with Crippen molar-refractivity contribution in [2.24, 2.45) is 0 Å². The first-order valence-corrected chi connectivity index (χ1v) is 10.6. The van der Waals surface area contributed by atoms with E-state index in [1.165, 1.54) is 4.31 Å². The van der Waals surface area contributed by atoms with Gasteiger partial charge in [0.1, 0.15) is 18.2 Å². The summed E-state index contributed by atoms with van der Waals surface area (Å²) >= 11 is 0. The number of nitrogens with one attached hydrogen (secondary N) is 1. The van der Waals surface area contributed by atoms with Crippen molar-refractivity contribution in [2.45, 2.75) is 18.4 Å². The van der Waals surface area contributed by atoms with Crippen LogP contribution in [0.4, 0.5) is 5.69 Å². The van der Waals surface area contributed by atoms with Gasteiger partial charge in [-0.25, -0.2) is 13.4 Å². The summed E-state index contributed by atoms with van der Waals surface area (Å²) in [5.41, 5.74) is 3.42. The van der Waals surface area contributed by atoms with Gasteiger partial charge in [-0.1, -0.05) is 29.8 Å². The number of anilines is 1. The van der Waals surface area contributed by atoms with Gasteiger partial charge in [0.05, 0.1) is 21.6 Å². The minimum Gasteiger partial charge on any atom is -0.486 e. The van der Waals surface area contributed by atoms with Gasteiger partial charge >= 0.3 is 0 Å². The lowest BCUT2D eigenvalue weighted by Gasteiger charge is -2.20. The molecular weight excluding hydrogens is 386 g/mol. The summed E-state index contributed by atoms with van der Waals surface area (Å²) in [5.74, 6) is 1.37. The summed E-state index contributed by atoms with van der Waals surface area (Å²) in [5, 5.41) is 0. The number of benzene rings is 3. The van der Waals surface area contributed by atoms with Gasteiger partial charge in [0.15, 0.2) is 0 Å². The molecule has 0 spiro atoms. The summed E-state index contributed by atoms with van der Waals surface area (Å²) in [6.45, 7) is 2.22. The molecule has 1 aromatic heterocycles. The zero-order valence-electron chi connectivity index (χ0n) is 16.2. The van der Waals surface area contributed by atoms with Crippen LogP contribution in [0.1, 0.15) is 11.4 Å². The van der Waals surface area contributed by atoms with E-state index < -0.39 is 10.0 Å². The molecule has 0 unspecified atom stereocenters. The van der Waals surface area contributed by atoms with Crippen molar-refractivity contribution in [3.8, 4) is 5.75 Å². The second-order valence-electron chi connectivity index (χ2n) is 6.77. The molecule has 4 rings (SSSR count). The minimum atomic E-state index is -3.61. The minimum absolute atomic E-state index is 0.260. The van der Waals surface area contributed by atoms with Gasteiger partial charge in [0.25, 0.3) is 10.0 Å². The molecule has 29 heavy (non-hydrogen) atoms. The lowest BCUT2D eigenvalue weighted by Crippen LogP contribution is -2.26. The van der Waals surface area contributed by atoms with Crippen molar-refractivity contribution >= 4 is 26.7 Å². The topological polar surface area (TPSA) is 75.3 Å². The van der Waals surface area contributed by atoms with Crippen molar-refractivity contribution in [2.75, 3.05) is 11.4 Å². The third kappa shape index (κ3) is 3.95. The average Bonchev–Trinajstić information content (AvgIpc) is 3.15. The quantitative estimate of drug-likeness (QED) is 0.518.